The van der Waals surface area contributed by atoms with Crippen molar-refractivity contribution in [3.8, 4) is 0 Å². The second-order valence-electron chi connectivity index (χ2n) is 8.43. The number of carbonyl (C=O) groups is 2. The van der Waals surface area contributed by atoms with E-state index in [2.05, 4.69) is 5.32 Å². The zero-order valence-electron chi connectivity index (χ0n) is 20.6. The van der Waals surface area contributed by atoms with Crippen LogP contribution in [0.3, 0.4) is 0 Å². The average Bonchev–Trinajstić information content (AvgIpc) is 3.10. The molecule has 2 atom stereocenters. The van der Waals surface area contributed by atoms with E-state index in [1.165, 1.54) is 6.08 Å². The normalized spacial score (nSPS) is 18.6. The van der Waals surface area contributed by atoms with Crippen molar-refractivity contribution in [3.05, 3.63) is 64.4 Å². The number of primary amides is 1. The standard InChI is InChI=1S/C21H26N2O4S2.C5H10O2/c1-2-3-12-20(24)23-19(21(22)25)15-29(26,27)18-11-7-10-17(13-14-18)28-16-8-5-4-6-9-16;6-5-3-1-2-4-7-5/h4-6,8-11,13-14,19H,2-3,7,12,15H2,1H3,(H2,22,25)(H,23,24);5-6H,1-4H2. The third kappa shape index (κ3) is 11.1. The van der Waals surface area contributed by atoms with Crippen LogP contribution in [0.15, 0.2) is 69.3 Å². The molecule has 0 bridgehead atoms. The second-order valence-corrected chi connectivity index (χ2v) is 11.6. The molecule has 1 fully saturated rings. The van der Waals surface area contributed by atoms with E-state index in [4.69, 9.17) is 15.6 Å². The fourth-order valence-corrected chi connectivity index (χ4v) is 5.75. The number of aliphatic hydroxyl groups is 1. The van der Waals surface area contributed by atoms with Crippen LogP contribution in [0.4, 0.5) is 0 Å². The van der Waals surface area contributed by atoms with Gasteiger partial charge in [-0.3, -0.25) is 9.59 Å². The lowest BCUT2D eigenvalue weighted by molar-refractivity contribution is -0.126. The number of hydrogen-bond acceptors (Lipinski definition) is 7. The number of carbonyl (C=O) groups excluding carboxylic acids is 2. The first-order valence-corrected chi connectivity index (χ1v) is 14.6. The number of nitrogens with one attached hydrogen (secondary N) is 1. The van der Waals surface area contributed by atoms with Crippen LogP contribution < -0.4 is 11.1 Å². The zero-order chi connectivity index (χ0) is 26.4. The highest BCUT2D eigenvalue weighted by Crippen LogP contribution is 2.30. The van der Waals surface area contributed by atoms with Gasteiger partial charge in [-0.05, 0) is 56.4 Å². The Hall–Kier alpha value is -2.40. The van der Waals surface area contributed by atoms with E-state index in [1.807, 2.05) is 43.3 Å². The van der Waals surface area contributed by atoms with Gasteiger partial charge in [0.1, 0.15) is 6.04 Å². The molecular weight excluding hydrogens is 500 g/mol. The van der Waals surface area contributed by atoms with E-state index in [-0.39, 0.29) is 17.2 Å². The molecule has 1 aromatic rings. The minimum Gasteiger partial charge on any atom is -0.368 e. The van der Waals surface area contributed by atoms with Crippen LogP contribution in [0, 0.1) is 0 Å². The molecule has 198 valence electrons. The van der Waals surface area contributed by atoms with Crippen LogP contribution in [0.2, 0.25) is 0 Å². The van der Waals surface area contributed by atoms with Gasteiger partial charge in [0, 0.05) is 22.8 Å². The number of rotatable bonds is 10. The molecule has 0 radical (unpaired) electrons. The van der Waals surface area contributed by atoms with E-state index in [1.54, 1.807) is 23.9 Å². The predicted molar refractivity (Wildman–Crippen MR) is 142 cm³/mol. The summed E-state index contributed by atoms with van der Waals surface area (Å²) in [6, 6.07) is 8.52. The minimum absolute atomic E-state index is 0.117. The Morgan fingerprint density at radius 2 is 1.94 bits per heavy atom. The van der Waals surface area contributed by atoms with Gasteiger partial charge in [0.25, 0.3) is 0 Å². The summed E-state index contributed by atoms with van der Waals surface area (Å²) in [5, 5.41) is 11.1. The van der Waals surface area contributed by atoms with Crippen molar-refractivity contribution in [2.24, 2.45) is 5.73 Å². The first-order chi connectivity index (χ1) is 17.2. The highest BCUT2D eigenvalue weighted by molar-refractivity contribution is 8.03. The van der Waals surface area contributed by atoms with Crippen LogP contribution in [-0.4, -0.2) is 50.0 Å². The largest absolute Gasteiger partial charge is 0.368 e. The van der Waals surface area contributed by atoms with E-state index < -0.39 is 33.8 Å². The van der Waals surface area contributed by atoms with Crippen molar-refractivity contribution >= 4 is 33.4 Å². The number of hydrogen-bond donors (Lipinski definition) is 3. The molecule has 1 saturated heterocycles. The maximum absolute atomic E-state index is 12.8. The van der Waals surface area contributed by atoms with Crippen molar-refractivity contribution in [1.82, 2.24) is 5.32 Å². The number of thioether (sulfide) groups is 1. The van der Waals surface area contributed by atoms with Gasteiger partial charge in [0.15, 0.2) is 16.1 Å². The number of allylic oxidation sites excluding steroid dienone is 4. The van der Waals surface area contributed by atoms with Crippen molar-refractivity contribution in [2.45, 2.75) is 69.1 Å². The fraction of sp³-hybridized carbons (Fsp3) is 0.462. The van der Waals surface area contributed by atoms with Gasteiger partial charge in [-0.1, -0.05) is 55.5 Å². The first kappa shape index (κ1) is 29.8. The fourth-order valence-electron chi connectivity index (χ4n) is 3.36. The topological polar surface area (TPSA) is 136 Å². The molecule has 1 heterocycles. The minimum atomic E-state index is -3.80. The molecule has 10 heteroatoms. The molecule has 8 nitrogen and oxygen atoms in total. The Labute approximate surface area is 218 Å². The third-order valence-electron chi connectivity index (χ3n) is 5.37. The summed E-state index contributed by atoms with van der Waals surface area (Å²) in [7, 11) is -3.80. The maximum Gasteiger partial charge on any atom is 0.241 e. The lowest BCUT2D eigenvalue weighted by atomic mass is 10.2. The van der Waals surface area contributed by atoms with E-state index >= 15 is 0 Å². The molecule has 2 amide bonds. The van der Waals surface area contributed by atoms with Gasteiger partial charge in [-0.2, -0.15) is 0 Å². The molecule has 1 aliphatic carbocycles. The molecule has 0 spiro atoms. The summed E-state index contributed by atoms with van der Waals surface area (Å²) in [6.07, 6.45) is 11.5. The summed E-state index contributed by atoms with van der Waals surface area (Å²) >= 11 is 1.54. The monoisotopic (exact) mass is 536 g/mol. The molecule has 0 saturated carbocycles. The Morgan fingerprint density at radius 1 is 1.19 bits per heavy atom. The van der Waals surface area contributed by atoms with Crippen LogP contribution in [-0.2, 0) is 24.2 Å². The number of benzene rings is 1. The van der Waals surface area contributed by atoms with Gasteiger partial charge in [-0.25, -0.2) is 8.42 Å². The number of ether oxygens (including phenoxy) is 1. The Kier molecular flexibility index (Phi) is 13.0. The maximum atomic E-state index is 12.8. The highest BCUT2D eigenvalue weighted by Gasteiger charge is 2.27. The van der Waals surface area contributed by atoms with Crippen LogP contribution in [0.25, 0.3) is 0 Å². The third-order valence-corrected chi connectivity index (χ3v) is 8.21. The molecular formula is C26H36N2O6S2. The van der Waals surface area contributed by atoms with Crippen molar-refractivity contribution < 1.29 is 27.9 Å². The second kappa shape index (κ2) is 15.7. The van der Waals surface area contributed by atoms with Gasteiger partial charge < -0.3 is 20.9 Å². The average molecular weight is 537 g/mol. The van der Waals surface area contributed by atoms with E-state index in [0.29, 0.717) is 12.8 Å². The molecule has 4 N–H and O–H groups in total. The number of unbranched alkanes of at least 4 members (excludes halogenated alkanes) is 1. The summed E-state index contributed by atoms with van der Waals surface area (Å²) in [6.45, 7) is 2.67. The molecule has 2 unspecified atom stereocenters. The quantitative estimate of drug-likeness (QED) is 0.416. The molecule has 1 aromatic carbocycles. The van der Waals surface area contributed by atoms with Crippen LogP contribution >= 0.6 is 11.8 Å². The number of amides is 2. The number of aliphatic hydroxyl groups excluding tert-OH is 1. The Morgan fingerprint density at radius 3 is 2.53 bits per heavy atom. The molecule has 3 rings (SSSR count). The summed E-state index contributed by atoms with van der Waals surface area (Å²) in [5.41, 5.74) is 5.32. The van der Waals surface area contributed by atoms with E-state index in [9.17, 15) is 18.0 Å². The van der Waals surface area contributed by atoms with Gasteiger partial charge in [-0.15, -0.1) is 0 Å². The van der Waals surface area contributed by atoms with Gasteiger partial charge >= 0.3 is 0 Å². The van der Waals surface area contributed by atoms with E-state index in [0.717, 1.165) is 42.1 Å². The van der Waals surface area contributed by atoms with Gasteiger partial charge in [0.2, 0.25) is 11.8 Å². The number of nitrogens with two attached hydrogens (primary N) is 1. The Balaban J connectivity index is 0.000000558. The smallest absolute Gasteiger partial charge is 0.241 e. The van der Waals surface area contributed by atoms with Crippen LogP contribution in [0.5, 0.6) is 0 Å². The molecule has 1 aliphatic heterocycles. The highest BCUT2D eigenvalue weighted by atomic mass is 32.2. The number of sulfone groups is 1. The summed E-state index contributed by atoms with van der Waals surface area (Å²) in [5.74, 6) is -1.80. The zero-order valence-corrected chi connectivity index (χ0v) is 22.2. The molecule has 2 aliphatic rings. The molecule has 36 heavy (non-hydrogen) atoms. The van der Waals surface area contributed by atoms with Gasteiger partial charge in [0.05, 0.1) is 10.7 Å². The molecule has 0 aromatic heterocycles. The predicted octanol–water partition coefficient (Wildman–Crippen LogP) is 3.59. The van der Waals surface area contributed by atoms with Crippen LogP contribution in [0.1, 0.15) is 51.9 Å². The SMILES string of the molecule is CCCCC(=O)NC(CS(=O)(=O)C1=CCC=C(Sc2ccccc2)C=C1)C(N)=O.OC1CCCCO1. The lowest BCUT2D eigenvalue weighted by Gasteiger charge is -2.16. The Bertz CT molecular complexity index is 1050. The summed E-state index contributed by atoms with van der Waals surface area (Å²) in [4.78, 5) is 25.7. The lowest BCUT2D eigenvalue weighted by Crippen LogP contribution is -2.48. The van der Waals surface area contributed by atoms with Crippen molar-refractivity contribution in [3.63, 3.8) is 0 Å². The van der Waals surface area contributed by atoms with Crippen molar-refractivity contribution in [1.29, 1.82) is 0 Å². The first-order valence-electron chi connectivity index (χ1n) is 12.1. The van der Waals surface area contributed by atoms with Crippen molar-refractivity contribution in [2.75, 3.05) is 12.4 Å². The summed E-state index contributed by atoms with van der Waals surface area (Å²) < 4.78 is 30.4.